The molecule has 1 aliphatic heterocycles. The first-order chi connectivity index (χ1) is 7.75. The molecule has 2 heterocycles. The summed E-state index contributed by atoms with van der Waals surface area (Å²) in [6.45, 7) is 3.33. The van der Waals surface area contributed by atoms with Crippen LogP contribution in [0.5, 0.6) is 0 Å². The molecule has 1 aromatic heterocycles. The van der Waals surface area contributed by atoms with Crippen molar-refractivity contribution in [1.29, 1.82) is 0 Å². The first kappa shape index (κ1) is 11.1. The van der Waals surface area contributed by atoms with Gasteiger partial charge in [0.1, 0.15) is 5.69 Å². The van der Waals surface area contributed by atoms with Gasteiger partial charge in [0.25, 0.3) is 5.91 Å². The zero-order chi connectivity index (χ0) is 11.4. The summed E-state index contributed by atoms with van der Waals surface area (Å²) >= 11 is 0. The van der Waals surface area contributed by atoms with Gasteiger partial charge in [-0.1, -0.05) is 6.07 Å². The first-order valence-electron chi connectivity index (χ1n) is 5.58. The molecule has 2 rings (SSSR count). The van der Waals surface area contributed by atoms with Crippen molar-refractivity contribution in [2.75, 3.05) is 13.2 Å². The topological polar surface area (TPSA) is 51.2 Å². The summed E-state index contributed by atoms with van der Waals surface area (Å²) in [5.74, 6) is -0.129. The van der Waals surface area contributed by atoms with Gasteiger partial charge in [-0.25, -0.2) is 0 Å². The predicted molar refractivity (Wildman–Crippen MR) is 60.3 cm³/mol. The van der Waals surface area contributed by atoms with Crippen LogP contribution in [0.3, 0.4) is 0 Å². The van der Waals surface area contributed by atoms with Crippen molar-refractivity contribution >= 4 is 5.91 Å². The first-order valence-corrected chi connectivity index (χ1v) is 5.58. The van der Waals surface area contributed by atoms with E-state index in [9.17, 15) is 4.79 Å². The van der Waals surface area contributed by atoms with E-state index in [1.807, 2.05) is 13.0 Å². The number of aryl methyl sites for hydroxylation is 1. The number of ether oxygens (including phenoxy) is 1. The number of hydrogen-bond acceptors (Lipinski definition) is 3. The van der Waals surface area contributed by atoms with Crippen molar-refractivity contribution in [2.45, 2.75) is 25.9 Å². The molecular weight excluding hydrogens is 204 g/mol. The Balaban J connectivity index is 1.85. The fraction of sp³-hybridized carbons (Fsp3) is 0.500. The molecule has 1 fully saturated rings. The third-order valence-corrected chi connectivity index (χ3v) is 2.66. The SMILES string of the molecule is Cc1ccc(C(=O)NCC2CCCO2)nc1. The molecule has 86 valence electrons. The van der Waals surface area contributed by atoms with Crippen molar-refractivity contribution in [3.63, 3.8) is 0 Å². The molecule has 0 saturated carbocycles. The van der Waals surface area contributed by atoms with E-state index in [4.69, 9.17) is 4.74 Å². The molecular formula is C12H16N2O2. The molecule has 1 aromatic rings. The lowest BCUT2D eigenvalue weighted by molar-refractivity contribution is 0.0853. The summed E-state index contributed by atoms with van der Waals surface area (Å²) in [7, 11) is 0. The Kier molecular flexibility index (Phi) is 3.51. The largest absolute Gasteiger partial charge is 0.376 e. The lowest BCUT2D eigenvalue weighted by atomic mass is 10.2. The Morgan fingerprint density at radius 1 is 1.62 bits per heavy atom. The average molecular weight is 220 g/mol. The number of carbonyl (C=O) groups excluding carboxylic acids is 1. The number of pyridine rings is 1. The summed E-state index contributed by atoms with van der Waals surface area (Å²) < 4.78 is 5.42. The highest BCUT2D eigenvalue weighted by molar-refractivity contribution is 5.92. The van der Waals surface area contributed by atoms with Crippen LogP contribution in [-0.4, -0.2) is 30.1 Å². The Labute approximate surface area is 95.0 Å². The molecule has 4 heteroatoms. The van der Waals surface area contributed by atoms with Gasteiger partial charge in [0.15, 0.2) is 0 Å². The fourth-order valence-electron chi connectivity index (χ4n) is 1.70. The van der Waals surface area contributed by atoms with Gasteiger partial charge in [0.05, 0.1) is 6.10 Å². The maximum absolute atomic E-state index is 11.7. The third-order valence-electron chi connectivity index (χ3n) is 2.66. The quantitative estimate of drug-likeness (QED) is 0.835. The van der Waals surface area contributed by atoms with E-state index in [0.29, 0.717) is 12.2 Å². The number of aromatic nitrogens is 1. The second-order valence-electron chi connectivity index (χ2n) is 4.07. The smallest absolute Gasteiger partial charge is 0.269 e. The number of nitrogens with zero attached hydrogens (tertiary/aromatic N) is 1. The monoisotopic (exact) mass is 220 g/mol. The highest BCUT2D eigenvalue weighted by Crippen LogP contribution is 2.10. The van der Waals surface area contributed by atoms with Gasteiger partial charge in [0, 0.05) is 19.3 Å². The Bertz CT molecular complexity index is 356. The number of rotatable bonds is 3. The van der Waals surface area contributed by atoms with Crippen LogP contribution >= 0.6 is 0 Å². The molecule has 1 amide bonds. The van der Waals surface area contributed by atoms with Gasteiger partial charge in [-0.2, -0.15) is 0 Å². The Morgan fingerprint density at radius 3 is 3.12 bits per heavy atom. The van der Waals surface area contributed by atoms with E-state index >= 15 is 0 Å². The van der Waals surface area contributed by atoms with Crippen LogP contribution in [0.2, 0.25) is 0 Å². The molecule has 1 unspecified atom stereocenters. The molecule has 1 N–H and O–H groups in total. The second-order valence-corrected chi connectivity index (χ2v) is 4.07. The molecule has 0 aliphatic carbocycles. The molecule has 0 bridgehead atoms. The maximum atomic E-state index is 11.7. The maximum Gasteiger partial charge on any atom is 0.269 e. The molecule has 0 radical (unpaired) electrons. The standard InChI is InChI=1S/C12H16N2O2/c1-9-4-5-11(13-7-9)12(15)14-8-10-3-2-6-16-10/h4-5,7,10H,2-3,6,8H2,1H3,(H,14,15). The average Bonchev–Trinajstić information content (AvgIpc) is 2.80. The summed E-state index contributed by atoms with van der Waals surface area (Å²) in [6.07, 6.45) is 3.99. The van der Waals surface area contributed by atoms with Crippen LogP contribution in [0.1, 0.15) is 28.9 Å². The van der Waals surface area contributed by atoms with Gasteiger partial charge in [-0.05, 0) is 31.4 Å². The normalized spacial score (nSPS) is 19.7. The Hall–Kier alpha value is -1.42. The number of nitrogens with one attached hydrogen (secondary N) is 1. The van der Waals surface area contributed by atoms with Crippen molar-refractivity contribution in [1.82, 2.24) is 10.3 Å². The van der Waals surface area contributed by atoms with Gasteiger partial charge in [0.2, 0.25) is 0 Å². The molecule has 0 aromatic carbocycles. The van der Waals surface area contributed by atoms with Crippen LogP contribution in [0.4, 0.5) is 0 Å². The lowest BCUT2D eigenvalue weighted by Crippen LogP contribution is -2.32. The van der Waals surface area contributed by atoms with Crippen molar-refractivity contribution < 1.29 is 9.53 Å². The molecule has 1 aliphatic rings. The van der Waals surface area contributed by atoms with E-state index in [2.05, 4.69) is 10.3 Å². The van der Waals surface area contributed by atoms with Crippen molar-refractivity contribution in [2.24, 2.45) is 0 Å². The highest BCUT2D eigenvalue weighted by Gasteiger charge is 2.16. The summed E-state index contributed by atoms with van der Waals surface area (Å²) in [4.78, 5) is 15.8. The molecule has 4 nitrogen and oxygen atoms in total. The Morgan fingerprint density at radius 2 is 2.50 bits per heavy atom. The predicted octanol–water partition coefficient (Wildman–Crippen LogP) is 1.30. The van der Waals surface area contributed by atoms with Crippen LogP contribution in [0.25, 0.3) is 0 Å². The van der Waals surface area contributed by atoms with E-state index in [1.165, 1.54) is 0 Å². The minimum atomic E-state index is -0.129. The lowest BCUT2D eigenvalue weighted by Gasteiger charge is -2.10. The van der Waals surface area contributed by atoms with Crippen LogP contribution in [-0.2, 0) is 4.74 Å². The van der Waals surface area contributed by atoms with Gasteiger partial charge in [-0.15, -0.1) is 0 Å². The zero-order valence-electron chi connectivity index (χ0n) is 9.40. The van der Waals surface area contributed by atoms with Crippen molar-refractivity contribution in [3.05, 3.63) is 29.6 Å². The summed E-state index contributed by atoms with van der Waals surface area (Å²) in [6, 6.07) is 3.62. The number of amides is 1. The van der Waals surface area contributed by atoms with E-state index in [0.717, 1.165) is 25.0 Å². The van der Waals surface area contributed by atoms with E-state index in [1.54, 1.807) is 12.3 Å². The van der Waals surface area contributed by atoms with Crippen LogP contribution in [0, 0.1) is 6.92 Å². The minimum Gasteiger partial charge on any atom is -0.376 e. The van der Waals surface area contributed by atoms with Crippen molar-refractivity contribution in [3.8, 4) is 0 Å². The number of hydrogen-bond donors (Lipinski definition) is 1. The van der Waals surface area contributed by atoms with Gasteiger partial charge < -0.3 is 10.1 Å². The molecule has 16 heavy (non-hydrogen) atoms. The minimum absolute atomic E-state index is 0.129. The second kappa shape index (κ2) is 5.07. The zero-order valence-corrected chi connectivity index (χ0v) is 9.40. The van der Waals surface area contributed by atoms with Crippen LogP contribution < -0.4 is 5.32 Å². The van der Waals surface area contributed by atoms with E-state index < -0.39 is 0 Å². The third kappa shape index (κ3) is 2.79. The highest BCUT2D eigenvalue weighted by atomic mass is 16.5. The molecule has 0 spiro atoms. The molecule has 1 atom stereocenters. The number of carbonyl (C=O) groups is 1. The molecule has 1 saturated heterocycles. The van der Waals surface area contributed by atoms with Crippen LogP contribution in [0.15, 0.2) is 18.3 Å². The fourth-order valence-corrected chi connectivity index (χ4v) is 1.70. The van der Waals surface area contributed by atoms with E-state index in [-0.39, 0.29) is 12.0 Å². The van der Waals surface area contributed by atoms with Gasteiger partial charge >= 0.3 is 0 Å². The van der Waals surface area contributed by atoms with Gasteiger partial charge in [-0.3, -0.25) is 9.78 Å². The summed E-state index contributed by atoms with van der Waals surface area (Å²) in [5.41, 5.74) is 1.51. The summed E-state index contributed by atoms with van der Waals surface area (Å²) in [5, 5.41) is 2.83.